The van der Waals surface area contributed by atoms with E-state index < -0.39 is 10.1 Å². The first kappa shape index (κ1) is 17.7. The Bertz CT molecular complexity index is 274. The molecule has 0 aliphatic rings. The third-order valence-corrected chi connectivity index (χ3v) is 2.61. The highest BCUT2D eigenvalue weighted by atomic mass is 32.2. The Morgan fingerprint density at radius 2 is 1.62 bits per heavy atom. The number of rotatable bonds is 6. The summed E-state index contributed by atoms with van der Waals surface area (Å²) in [6.07, 6.45) is 5.76. The van der Waals surface area contributed by atoms with E-state index in [-0.39, 0.29) is 11.7 Å². The van der Waals surface area contributed by atoms with Gasteiger partial charge in [0, 0.05) is 18.6 Å². The first-order chi connectivity index (χ1) is 7.22. The molecule has 0 aromatic heterocycles. The molecule has 0 atom stereocenters. The van der Waals surface area contributed by atoms with Gasteiger partial charge in [-0.1, -0.05) is 26.0 Å². The van der Waals surface area contributed by atoms with Crippen molar-refractivity contribution in [2.45, 2.75) is 32.7 Å². The predicted octanol–water partition coefficient (Wildman–Crippen LogP) is 0.937. The van der Waals surface area contributed by atoms with E-state index in [1.54, 1.807) is 13.8 Å². The van der Waals surface area contributed by atoms with Crippen molar-refractivity contribution in [1.82, 2.24) is 0 Å². The molecular weight excluding hydrogens is 226 g/mol. The molecule has 0 unspecified atom stereocenters. The lowest BCUT2D eigenvalue weighted by Gasteiger charge is -2.07. The van der Waals surface area contributed by atoms with E-state index in [2.05, 4.69) is 18.9 Å². The lowest BCUT2D eigenvalue weighted by atomic mass is 10.1. The monoisotopic (exact) mass is 249 g/mol. The van der Waals surface area contributed by atoms with Gasteiger partial charge in [0.1, 0.15) is 0 Å². The van der Waals surface area contributed by atoms with Crippen LogP contribution in [0.5, 0.6) is 0 Å². The van der Waals surface area contributed by atoms with Crippen molar-refractivity contribution in [2.75, 3.05) is 5.75 Å². The summed E-state index contributed by atoms with van der Waals surface area (Å²) in [5.41, 5.74) is 3.88. The number of hydrogen-bond donors (Lipinski definition) is 1. The van der Waals surface area contributed by atoms with Gasteiger partial charge in [-0.2, -0.15) is 0 Å². The maximum atomic E-state index is 9.89. The number of hydrogen-bond acceptors (Lipinski definition) is 3. The molecule has 0 bridgehead atoms. The standard InChI is InChI=1S/C7H13N.C4H10O3S/c1-3-5-7(8)6-4-2;1-4(2)3-8(5,6)7/h3-4,7H,1-2,5-6,8H2;4H,3H2,1-2H3,(H,5,6,7). The Kier molecular flexibility index (Phi) is 10.6. The molecule has 96 valence electrons. The molecule has 0 heterocycles. The fraction of sp³-hybridized carbons (Fsp3) is 0.636. The highest BCUT2D eigenvalue weighted by Crippen LogP contribution is 1.95. The van der Waals surface area contributed by atoms with Gasteiger partial charge in [-0.15, -0.1) is 13.2 Å². The Morgan fingerprint density at radius 3 is 1.75 bits per heavy atom. The molecule has 0 aromatic carbocycles. The SMILES string of the molecule is C=CCC([NH3+])CC=C.CC(C)CS(=O)(=O)[O-]. The molecule has 3 N–H and O–H groups in total. The molecule has 0 fully saturated rings. The van der Waals surface area contributed by atoms with Crippen LogP contribution in [-0.2, 0) is 10.1 Å². The average Bonchev–Trinajstić information content (AvgIpc) is 2.00. The minimum absolute atomic E-state index is 0.0579. The maximum absolute atomic E-state index is 9.89. The second-order valence-corrected chi connectivity index (χ2v) is 5.48. The van der Waals surface area contributed by atoms with Crippen LogP contribution < -0.4 is 5.73 Å². The van der Waals surface area contributed by atoms with Gasteiger partial charge in [0.2, 0.25) is 0 Å². The van der Waals surface area contributed by atoms with Crippen LogP contribution >= 0.6 is 0 Å². The van der Waals surface area contributed by atoms with Gasteiger partial charge in [-0.05, 0) is 5.92 Å². The lowest BCUT2D eigenvalue weighted by Crippen LogP contribution is -2.60. The summed E-state index contributed by atoms with van der Waals surface area (Å²) < 4.78 is 29.7. The minimum Gasteiger partial charge on any atom is -0.748 e. The molecule has 0 radical (unpaired) electrons. The van der Waals surface area contributed by atoms with E-state index in [9.17, 15) is 13.0 Å². The van der Waals surface area contributed by atoms with Crippen LogP contribution in [0.2, 0.25) is 0 Å². The molecule has 0 aliphatic carbocycles. The van der Waals surface area contributed by atoms with Crippen LogP contribution in [0.3, 0.4) is 0 Å². The van der Waals surface area contributed by atoms with Gasteiger partial charge >= 0.3 is 0 Å². The molecule has 0 amide bonds. The molecule has 0 aliphatic heterocycles. The van der Waals surface area contributed by atoms with Crippen LogP contribution in [0.15, 0.2) is 25.3 Å². The van der Waals surface area contributed by atoms with Crippen molar-refractivity contribution in [1.29, 1.82) is 0 Å². The fourth-order valence-electron chi connectivity index (χ4n) is 0.976. The van der Waals surface area contributed by atoms with Gasteiger partial charge in [-0.25, -0.2) is 8.42 Å². The van der Waals surface area contributed by atoms with Gasteiger partial charge in [0.25, 0.3) is 0 Å². The fourth-order valence-corrected chi connectivity index (χ4v) is 1.79. The van der Waals surface area contributed by atoms with E-state index in [1.165, 1.54) is 0 Å². The topological polar surface area (TPSA) is 84.8 Å². The first-order valence-corrected chi connectivity index (χ1v) is 6.79. The van der Waals surface area contributed by atoms with Gasteiger partial charge < -0.3 is 10.3 Å². The van der Waals surface area contributed by atoms with Crippen molar-refractivity contribution >= 4 is 10.1 Å². The zero-order chi connectivity index (χ0) is 13.2. The Morgan fingerprint density at radius 1 is 1.25 bits per heavy atom. The molecule has 4 nitrogen and oxygen atoms in total. The molecule has 0 spiro atoms. The van der Waals surface area contributed by atoms with Crippen LogP contribution in [0, 0.1) is 5.92 Å². The van der Waals surface area contributed by atoms with E-state index >= 15 is 0 Å². The van der Waals surface area contributed by atoms with Gasteiger partial charge in [0.15, 0.2) is 0 Å². The maximum Gasteiger partial charge on any atom is 0.0948 e. The average molecular weight is 249 g/mol. The number of quaternary nitrogens is 1. The molecule has 0 rings (SSSR count). The van der Waals surface area contributed by atoms with Gasteiger partial charge in [-0.3, -0.25) is 0 Å². The summed E-state index contributed by atoms with van der Waals surface area (Å²) in [5, 5.41) is 0. The molecule has 0 aromatic rings. The van der Waals surface area contributed by atoms with Crippen molar-refractivity contribution in [3.05, 3.63) is 25.3 Å². The molecule has 0 saturated carbocycles. The zero-order valence-electron chi connectivity index (χ0n) is 10.2. The Balaban J connectivity index is 0. The third-order valence-electron chi connectivity index (χ3n) is 1.54. The van der Waals surface area contributed by atoms with Crippen molar-refractivity contribution in [2.24, 2.45) is 5.92 Å². The quantitative estimate of drug-likeness (QED) is 0.561. The zero-order valence-corrected chi connectivity index (χ0v) is 11.0. The molecule has 16 heavy (non-hydrogen) atoms. The summed E-state index contributed by atoms with van der Waals surface area (Å²) in [5.74, 6) is -0.315. The van der Waals surface area contributed by atoms with Crippen LogP contribution in [-0.4, -0.2) is 24.8 Å². The Labute approximate surface area is 99.0 Å². The van der Waals surface area contributed by atoms with Crippen LogP contribution in [0.25, 0.3) is 0 Å². The summed E-state index contributed by atoms with van der Waals surface area (Å²) in [4.78, 5) is 0. The highest BCUT2D eigenvalue weighted by Gasteiger charge is 1.98. The second kappa shape index (κ2) is 9.57. The smallest absolute Gasteiger partial charge is 0.0948 e. The minimum atomic E-state index is -3.97. The largest absolute Gasteiger partial charge is 0.748 e. The van der Waals surface area contributed by atoms with Crippen LogP contribution in [0.1, 0.15) is 26.7 Å². The normalized spacial score (nSPS) is 10.9. The first-order valence-electron chi connectivity index (χ1n) is 5.21. The molecule has 0 saturated heterocycles. The van der Waals surface area contributed by atoms with Crippen molar-refractivity contribution in [3.63, 3.8) is 0 Å². The predicted molar refractivity (Wildman–Crippen MR) is 65.7 cm³/mol. The lowest BCUT2D eigenvalue weighted by molar-refractivity contribution is -0.417. The van der Waals surface area contributed by atoms with Gasteiger partial charge in [0.05, 0.1) is 16.2 Å². The molecular formula is C11H23NO3S. The third kappa shape index (κ3) is 19.0. The summed E-state index contributed by atoms with van der Waals surface area (Å²) in [6, 6.07) is 0.477. The van der Waals surface area contributed by atoms with Crippen molar-refractivity contribution < 1.29 is 18.7 Å². The van der Waals surface area contributed by atoms with E-state index in [4.69, 9.17) is 0 Å². The summed E-state index contributed by atoms with van der Waals surface area (Å²) >= 11 is 0. The van der Waals surface area contributed by atoms with E-state index in [0.29, 0.717) is 6.04 Å². The second-order valence-electron chi connectivity index (χ2n) is 4.03. The molecule has 5 heteroatoms. The van der Waals surface area contributed by atoms with E-state index in [1.807, 2.05) is 12.2 Å². The highest BCUT2D eigenvalue weighted by molar-refractivity contribution is 7.85. The van der Waals surface area contributed by atoms with Crippen molar-refractivity contribution in [3.8, 4) is 0 Å². The Hall–Kier alpha value is -0.650. The van der Waals surface area contributed by atoms with E-state index in [0.717, 1.165) is 12.8 Å². The van der Waals surface area contributed by atoms with Crippen LogP contribution in [0.4, 0.5) is 0 Å². The summed E-state index contributed by atoms with van der Waals surface area (Å²) in [7, 11) is -3.97. The summed E-state index contributed by atoms with van der Waals surface area (Å²) in [6.45, 7) is 10.6.